The lowest BCUT2D eigenvalue weighted by Gasteiger charge is -2.55. The number of aryl methyl sites for hydroxylation is 1. The molecule has 5 fully saturated rings. The van der Waals surface area contributed by atoms with Crippen molar-refractivity contribution in [2.45, 2.75) is 96.1 Å². The van der Waals surface area contributed by atoms with Gasteiger partial charge < -0.3 is 10.2 Å². The summed E-state index contributed by atoms with van der Waals surface area (Å²) in [6, 6.07) is 8.66. The van der Waals surface area contributed by atoms with Gasteiger partial charge in [-0.1, -0.05) is 44.2 Å². The number of hydrogen-bond acceptors (Lipinski definition) is 3. The van der Waals surface area contributed by atoms with Crippen LogP contribution in [0.2, 0.25) is 0 Å². The van der Waals surface area contributed by atoms with Gasteiger partial charge in [0.15, 0.2) is 5.17 Å². The Morgan fingerprint density at radius 3 is 2.33 bits per heavy atom. The fraction of sp³-hybridized carbons (Fsp3) is 0.714. The summed E-state index contributed by atoms with van der Waals surface area (Å²) in [5.41, 5.74) is 2.47. The maximum absolute atomic E-state index is 12.9. The second-order valence-electron chi connectivity index (χ2n) is 11.2. The number of benzene rings is 1. The van der Waals surface area contributed by atoms with E-state index in [9.17, 15) is 4.79 Å². The van der Waals surface area contributed by atoms with Crippen molar-refractivity contribution < 1.29 is 4.79 Å². The van der Waals surface area contributed by atoms with Crippen LogP contribution in [0.1, 0.15) is 83.6 Å². The van der Waals surface area contributed by atoms with Crippen LogP contribution in [-0.4, -0.2) is 39.9 Å². The average Bonchev–Trinajstić information content (AvgIpc) is 3.12. The summed E-state index contributed by atoms with van der Waals surface area (Å²) in [4.78, 5) is 20.9. The summed E-state index contributed by atoms with van der Waals surface area (Å²) in [6.45, 7) is 5.46. The highest BCUT2D eigenvalue weighted by Crippen LogP contribution is 2.57. The third kappa shape index (κ3) is 5.28. The van der Waals surface area contributed by atoms with Crippen LogP contribution < -0.4 is 5.32 Å². The first-order chi connectivity index (χ1) is 16.1. The van der Waals surface area contributed by atoms with Gasteiger partial charge in [-0.2, -0.15) is 0 Å². The van der Waals surface area contributed by atoms with Gasteiger partial charge >= 0.3 is 0 Å². The fourth-order valence-electron chi connectivity index (χ4n) is 7.25. The topological polar surface area (TPSA) is 44.7 Å². The van der Waals surface area contributed by atoms with E-state index in [2.05, 4.69) is 48.3 Å². The number of unbranched alkanes of at least 4 members (excludes halogenated alkanes) is 1. The summed E-state index contributed by atoms with van der Waals surface area (Å²) in [6.07, 6.45) is 13.5. The summed E-state index contributed by atoms with van der Waals surface area (Å²) in [5.74, 6) is 3.86. The molecule has 0 radical (unpaired) electrons. The minimum Gasteiger partial charge on any atom is -0.347 e. The fourth-order valence-corrected chi connectivity index (χ4v) is 8.55. The van der Waals surface area contributed by atoms with E-state index in [0.717, 1.165) is 48.6 Å². The van der Waals surface area contributed by atoms with Crippen LogP contribution >= 0.6 is 11.8 Å². The van der Waals surface area contributed by atoms with Crippen LogP contribution in [-0.2, 0) is 11.2 Å². The van der Waals surface area contributed by atoms with E-state index in [1.807, 2.05) is 11.8 Å². The molecular weight excluding hydrogens is 426 g/mol. The summed E-state index contributed by atoms with van der Waals surface area (Å²) >= 11 is 1.90. The second kappa shape index (κ2) is 10.0. The van der Waals surface area contributed by atoms with Crippen LogP contribution in [0.4, 0.5) is 5.69 Å². The molecule has 0 spiro atoms. The highest BCUT2D eigenvalue weighted by atomic mass is 32.2. The van der Waals surface area contributed by atoms with Crippen molar-refractivity contribution in [2.75, 3.05) is 17.6 Å². The SMILES string of the molecule is CCCCc1ccc(NC(=O)CC2CSC(=NC34CC5CC(CC(C5)C3)C4)N2CCC)cc1. The first-order valence-electron chi connectivity index (χ1n) is 13.4. The molecule has 1 N–H and O–H groups in total. The number of aliphatic imine (C=N–C) groups is 1. The molecular formula is C28H41N3OS. The Balaban J connectivity index is 1.22. The largest absolute Gasteiger partial charge is 0.347 e. The molecule has 1 aromatic rings. The van der Waals surface area contributed by atoms with Gasteiger partial charge in [0.05, 0.1) is 5.54 Å². The molecule has 1 aromatic carbocycles. The van der Waals surface area contributed by atoms with Gasteiger partial charge in [-0.05, 0) is 93.2 Å². The smallest absolute Gasteiger partial charge is 0.226 e. The number of carbonyl (C=O) groups is 1. The monoisotopic (exact) mass is 467 g/mol. The third-order valence-electron chi connectivity index (χ3n) is 8.37. The normalized spacial score (nSPS) is 33.8. The second-order valence-corrected chi connectivity index (χ2v) is 12.2. The summed E-state index contributed by atoms with van der Waals surface area (Å²) in [5, 5.41) is 4.37. The molecule has 4 aliphatic carbocycles. The number of hydrogen-bond donors (Lipinski definition) is 1. The van der Waals surface area contributed by atoms with E-state index < -0.39 is 0 Å². The summed E-state index contributed by atoms with van der Waals surface area (Å²) < 4.78 is 0. The Kier molecular flexibility index (Phi) is 7.06. The predicted octanol–water partition coefficient (Wildman–Crippen LogP) is 6.51. The van der Waals surface area contributed by atoms with E-state index in [-0.39, 0.29) is 17.5 Å². The van der Waals surface area contributed by atoms with Crippen LogP contribution in [0.5, 0.6) is 0 Å². The van der Waals surface area contributed by atoms with Gasteiger partial charge in [0.25, 0.3) is 0 Å². The highest BCUT2D eigenvalue weighted by Gasteiger charge is 2.51. The molecule has 1 aliphatic heterocycles. The molecule has 5 heteroatoms. The van der Waals surface area contributed by atoms with E-state index in [1.165, 1.54) is 62.1 Å². The molecule has 1 saturated heterocycles. The highest BCUT2D eigenvalue weighted by molar-refractivity contribution is 8.14. The third-order valence-corrected chi connectivity index (χ3v) is 9.51. The standard InChI is InChI=1S/C28H41N3OS/c1-3-5-6-20-7-9-24(10-8-20)29-26(32)15-25-19-33-27(31(25)11-4-2)30-28-16-21-12-22(17-28)14-23(13-21)18-28/h7-10,21-23,25H,3-6,11-19H2,1-2H3,(H,29,32). The van der Waals surface area contributed by atoms with Crippen LogP contribution in [0.25, 0.3) is 0 Å². The molecule has 4 bridgehead atoms. The van der Waals surface area contributed by atoms with E-state index in [1.54, 1.807) is 0 Å². The van der Waals surface area contributed by atoms with Crippen molar-refractivity contribution in [3.8, 4) is 0 Å². The number of nitrogens with one attached hydrogen (secondary N) is 1. The van der Waals surface area contributed by atoms with Gasteiger partial charge in [0.1, 0.15) is 0 Å². The van der Waals surface area contributed by atoms with Crippen molar-refractivity contribution in [3.63, 3.8) is 0 Å². The number of amidine groups is 1. The average molecular weight is 468 g/mol. The molecule has 33 heavy (non-hydrogen) atoms. The van der Waals surface area contributed by atoms with E-state index in [0.29, 0.717) is 6.42 Å². The minimum atomic E-state index is 0.124. The lowest BCUT2D eigenvalue weighted by atomic mass is 9.53. The number of carbonyl (C=O) groups excluding carboxylic acids is 1. The molecule has 4 saturated carbocycles. The van der Waals surface area contributed by atoms with Crippen molar-refractivity contribution in [1.82, 2.24) is 4.90 Å². The Hall–Kier alpha value is -1.49. The first kappa shape index (κ1) is 23.3. The molecule has 4 nitrogen and oxygen atoms in total. The van der Waals surface area contributed by atoms with E-state index >= 15 is 0 Å². The van der Waals surface area contributed by atoms with Crippen molar-refractivity contribution in [3.05, 3.63) is 29.8 Å². The molecule has 5 aliphatic rings. The Morgan fingerprint density at radius 2 is 1.73 bits per heavy atom. The number of nitrogens with zero attached hydrogens (tertiary/aromatic N) is 2. The Labute approximate surface area is 204 Å². The molecule has 1 amide bonds. The van der Waals surface area contributed by atoms with Crippen molar-refractivity contribution >= 4 is 28.5 Å². The molecule has 0 aromatic heterocycles. The maximum atomic E-state index is 12.9. The molecule has 1 heterocycles. The van der Waals surface area contributed by atoms with Crippen LogP contribution in [0, 0.1) is 17.8 Å². The van der Waals surface area contributed by atoms with Gasteiger partial charge in [-0.15, -0.1) is 0 Å². The first-order valence-corrected chi connectivity index (χ1v) is 14.4. The Bertz CT molecular complexity index is 829. The maximum Gasteiger partial charge on any atom is 0.226 e. The van der Waals surface area contributed by atoms with Crippen LogP contribution in [0.3, 0.4) is 0 Å². The summed E-state index contributed by atoms with van der Waals surface area (Å²) in [7, 11) is 0. The van der Waals surface area contributed by atoms with Crippen molar-refractivity contribution in [2.24, 2.45) is 22.7 Å². The number of rotatable bonds is 9. The number of anilines is 1. The van der Waals surface area contributed by atoms with Gasteiger partial charge in [0, 0.05) is 30.4 Å². The lowest BCUT2D eigenvalue weighted by Crippen LogP contribution is -2.50. The molecule has 6 rings (SSSR count). The van der Waals surface area contributed by atoms with E-state index in [4.69, 9.17) is 4.99 Å². The molecule has 1 atom stereocenters. The number of thioether (sulfide) groups is 1. The van der Waals surface area contributed by atoms with Gasteiger partial charge in [-0.3, -0.25) is 9.79 Å². The lowest BCUT2D eigenvalue weighted by molar-refractivity contribution is -0.116. The Morgan fingerprint density at radius 1 is 1.06 bits per heavy atom. The quantitative estimate of drug-likeness (QED) is 0.450. The minimum absolute atomic E-state index is 0.124. The zero-order chi connectivity index (χ0) is 22.8. The predicted molar refractivity (Wildman–Crippen MR) is 140 cm³/mol. The molecule has 1 unspecified atom stereocenters. The molecule has 180 valence electrons. The van der Waals surface area contributed by atoms with Gasteiger partial charge in [0.2, 0.25) is 5.91 Å². The number of amides is 1. The van der Waals surface area contributed by atoms with Crippen LogP contribution in [0.15, 0.2) is 29.3 Å². The van der Waals surface area contributed by atoms with Gasteiger partial charge in [-0.25, -0.2) is 0 Å². The zero-order valence-corrected chi connectivity index (χ0v) is 21.3. The zero-order valence-electron chi connectivity index (χ0n) is 20.5. The van der Waals surface area contributed by atoms with Crippen molar-refractivity contribution in [1.29, 1.82) is 0 Å².